The van der Waals surface area contributed by atoms with Crippen molar-refractivity contribution in [2.45, 2.75) is 31.2 Å². The quantitative estimate of drug-likeness (QED) is 0.650. The molecule has 2 aromatic rings. The van der Waals surface area contributed by atoms with Crippen LogP contribution in [0.1, 0.15) is 47.2 Å². The van der Waals surface area contributed by atoms with Crippen molar-refractivity contribution in [3.05, 3.63) is 57.8 Å². The Labute approximate surface area is 112 Å². The molecule has 1 unspecified atom stereocenters. The van der Waals surface area contributed by atoms with Crippen LogP contribution in [0.5, 0.6) is 0 Å². The topological polar surface area (TPSA) is 38.0 Å². The Balaban J connectivity index is 1.99. The van der Waals surface area contributed by atoms with Gasteiger partial charge in [0, 0.05) is 4.88 Å². The fraction of sp³-hybridized carbons (Fsp3) is 0.333. The molecule has 0 bridgehead atoms. The van der Waals surface area contributed by atoms with E-state index in [1.54, 1.807) is 11.3 Å². The van der Waals surface area contributed by atoms with Gasteiger partial charge in [0.15, 0.2) is 0 Å². The summed E-state index contributed by atoms with van der Waals surface area (Å²) in [5.41, 5.74) is 5.79. The number of hydrazine groups is 1. The van der Waals surface area contributed by atoms with Gasteiger partial charge in [-0.15, -0.1) is 11.3 Å². The number of hydrogen-bond donors (Lipinski definition) is 2. The Morgan fingerprint density at radius 2 is 2.00 bits per heavy atom. The summed E-state index contributed by atoms with van der Waals surface area (Å²) in [7, 11) is 0. The predicted octanol–water partition coefficient (Wildman–Crippen LogP) is 3.57. The van der Waals surface area contributed by atoms with Gasteiger partial charge in [-0.3, -0.25) is 5.84 Å². The zero-order chi connectivity index (χ0) is 12.4. The Kier molecular flexibility index (Phi) is 3.46. The average molecular weight is 258 g/mol. The first-order chi connectivity index (χ1) is 8.90. The largest absolute Gasteiger partial charge is 0.271 e. The predicted molar refractivity (Wildman–Crippen MR) is 76.5 cm³/mol. The van der Waals surface area contributed by atoms with Gasteiger partial charge in [-0.25, -0.2) is 5.43 Å². The second-order valence-electron chi connectivity index (χ2n) is 4.87. The van der Waals surface area contributed by atoms with E-state index in [0.29, 0.717) is 0 Å². The minimum absolute atomic E-state index is 0.127. The molecule has 3 N–H and O–H groups in total. The first-order valence-electron chi connectivity index (χ1n) is 6.48. The molecule has 2 nitrogen and oxygen atoms in total. The van der Waals surface area contributed by atoms with Crippen molar-refractivity contribution in [3.63, 3.8) is 0 Å². The maximum atomic E-state index is 5.78. The Morgan fingerprint density at radius 1 is 1.17 bits per heavy atom. The normalized spacial score (nSPS) is 17.4. The van der Waals surface area contributed by atoms with Gasteiger partial charge in [-0.05, 0) is 41.3 Å². The first-order valence-corrected chi connectivity index (χ1v) is 7.36. The number of nitrogens with two attached hydrogens (primary N) is 1. The van der Waals surface area contributed by atoms with Crippen molar-refractivity contribution in [2.75, 3.05) is 0 Å². The van der Waals surface area contributed by atoms with E-state index in [1.807, 2.05) is 0 Å². The molecule has 1 aromatic carbocycles. The van der Waals surface area contributed by atoms with Crippen molar-refractivity contribution in [1.29, 1.82) is 0 Å². The molecule has 1 atom stereocenters. The van der Waals surface area contributed by atoms with E-state index in [2.05, 4.69) is 47.2 Å². The van der Waals surface area contributed by atoms with Crippen molar-refractivity contribution in [2.24, 2.45) is 5.84 Å². The van der Waals surface area contributed by atoms with Crippen molar-refractivity contribution in [3.8, 4) is 0 Å². The molecule has 0 aliphatic heterocycles. The SMILES string of the molecule is NNC(c1cccs1)c1ccccc1C1CCC1. The third kappa shape index (κ3) is 2.09. The van der Waals surface area contributed by atoms with E-state index in [1.165, 1.54) is 35.3 Å². The summed E-state index contributed by atoms with van der Waals surface area (Å²) in [5, 5.41) is 2.10. The molecule has 0 amide bonds. The number of hydrogen-bond acceptors (Lipinski definition) is 3. The van der Waals surface area contributed by atoms with Crippen molar-refractivity contribution in [1.82, 2.24) is 5.43 Å². The summed E-state index contributed by atoms with van der Waals surface area (Å²) in [4.78, 5) is 1.28. The lowest BCUT2D eigenvalue weighted by molar-refractivity contribution is 0.414. The van der Waals surface area contributed by atoms with Crippen LogP contribution in [0.15, 0.2) is 41.8 Å². The molecule has 0 saturated heterocycles. The van der Waals surface area contributed by atoms with Gasteiger partial charge in [0.1, 0.15) is 0 Å². The fourth-order valence-electron chi connectivity index (χ4n) is 2.65. The molecular weight excluding hydrogens is 240 g/mol. The zero-order valence-electron chi connectivity index (χ0n) is 10.3. The van der Waals surface area contributed by atoms with E-state index in [9.17, 15) is 0 Å². The summed E-state index contributed by atoms with van der Waals surface area (Å²) in [6, 6.07) is 13.1. The van der Waals surface area contributed by atoms with Crippen LogP contribution < -0.4 is 11.3 Å². The second kappa shape index (κ2) is 5.22. The van der Waals surface area contributed by atoms with Crippen molar-refractivity contribution < 1.29 is 0 Å². The van der Waals surface area contributed by atoms with Gasteiger partial charge in [0.2, 0.25) is 0 Å². The monoisotopic (exact) mass is 258 g/mol. The zero-order valence-corrected chi connectivity index (χ0v) is 11.1. The highest BCUT2D eigenvalue weighted by Crippen LogP contribution is 2.40. The molecule has 1 fully saturated rings. The maximum absolute atomic E-state index is 5.78. The molecule has 1 saturated carbocycles. The standard InChI is InChI=1S/C15H18N2S/c16-17-15(14-9-4-10-18-14)13-8-2-1-7-12(13)11-5-3-6-11/h1-2,4,7-11,15,17H,3,5-6,16H2. The smallest absolute Gasteiger partial charge is 0.0805 e. The fourth-order valence-corrected chi connectivity index (χ4v) is 3.45. The lowest BCUT2D eigenvalue weighted by Gasteiger charge is -2.30. The van der Waals surface area contributed by atoms with Crippen LogP contribution in [0.3, 0.4) is 0 Å². The number of nitrogens with one attached hydrogen (secondary N) is 1. The van der Waals surface area contributed by atoms with Crippen LogP contribution in [-0.2, 0) is 0 Å². The van der Waals surface area contributed by atoms with Gasteiger partial charge >= 0.3 is 0 Å². The van der Waals surface area contributed by atoms with E-state index in [4.69, 9.17) is 5.84 Å². The molecule has 1 aliphatic rings. The Hall–Kier alpha value is -1.16. The Morgan fingerprint density at radius 3 is 2.61 bits per heavy atom. The molecule has 1 heterocycles. The van der Waals surface area contributed by atoms with Gasteiger partial charge < -0.3 is 0 Å². The minimum atomic E-state index is 0.127. The summed E-state index contributed by atoms with van der Waals surface area (Å²) in [6.45, 7) is 0. The molecule has 3 rings (SSSR count). The second-order valence-corrected chi connectivity index (χ2v) is 5.85. The van der Waals surface area contributed by atoms with E-state index < -0.39 is 0 Å². The number of thiophene rings is 1. The van der Waals surface area contributed by atoms with Crippen LogP contribution in [0.2, 0.25) is 0 Å². The molecule has 0 radical (unpaired) electrons. The van der Waals surface area contributed by atoms with E-state index in [0.717, 1.165) is 5.92 Å². The molecule has 0 spiro atoms. The molecule has 94 valence electrons. The molecule has 1 aliphatic carbocycles. The summed E-state index contributed by atoms with van der Waals surface area (Å²) < 4.78 is 0. The molecule has 18 heavy (non-hydrogen) atoms. The highest BCUT2D eigenvalue weighted by Gasteiger charge is 2.25. The summed E-state index contributed by atoms with van der Waals surface area (Å²) in [6.07, 6.45) is 4.00. The lowest BCUT2D eigenvalue weighted by atomic mass is 9.77. The van der Waals surface area contributed by atoms with Crippen molar-refractivity contribution >= 4 is 11.3 Å². The summed E-state index contributed by atoms with van der Waals surface area (Å²) in [5.74, 6) is 6.51. The van der Waals surface area contributed by atoms with Crippen LogP contribution in [-0.4, -0.2) is 0 Å². The van der Waals surface area contributed by atoms with Gasteiger partial charge in [0.25, 0.3) is 0 Å². The highest BCUT2D eigenvalue weighted by molar-refractivity contribution is 7.10. The van der Waals surface area contributed by atoms with E-state index >= 15 is 0 Å². The maximum Gasteiger partial charge on any atom is 0.0805 e. The minimum Gasteiger partial charge on any atom is -0.271 e. The van der Waals surface area contributed by atoms with Crippen LogP contribution in [0, 0.1) is 0 Å². The highest BCUT2D eigenvalue weighted by atomic mass is 32.1. The van der Waals surface area contributed by atoms with Gasteiger partial charge in [0.05, 0.1) is 6.04 Å². The third-order valence-electron chi connectivity index (χ3n) is 3.85. The molecule has 3 heteroatoms. The van der Waals surface area contributed by atoms with Crippen LogP contribution in [0.25, 0.3) is 0 Å². The molecule has 1 aromatic heterocycles. The van der Waals surface area contributed by atoms with Crippen LogP contribution >= 0.6 is 11.3 Å². The summed E-state index contributed by atoms with van der Waals surface area (Å²) >= 11 is 1.75. The average Bonchev–Trinajstić information content (AvgIpc) is 2.84. The Bertz CT molecular complexity index is 503. The van der Waals surface area contributed by atoms with Crippen LogP contribution in [0.4, 0.5) is 0 Å². The van der Waals surface area contributed by atoms with E-state index in [-0.39, 0.29) is 6.04 Å². The van der Waals surface area contributed by atoms with Gasteiger partial charge in [-0.2, -0.15) is 0 Å². The molecular formula is C15H18N2S. The third-order valence-corrected chi connectivity index (χ3v) is 4.78. The first kappa shape index (κ1) is 11.9. The number of benzene rings is 1. The number of rotatable bonds is 4. The lowest BCUT2D eigenvalue weighted by Crippen LogP contribution is -2.29. The van der Waals surface area contributed by atoms with Gasteiger partial charge in [-0.1, -0.05) is 36.8 Å².